The molecular weight excluding hydrogens is 156 g/mol. The average Bonchev–Trinajstić information content (AvgIpc) is 2.04. The first-order valence-corrected chi connectivity index (χ1v) is 4.45. The monoisotopic (exact) mass is 174 g/mol. The average molecular weight is 174 g/mol. The van der Waals surface area contributed by atoms with Gasteiger partial charge in [0, 0.05) is 26.2 Å². The van der Waals surface area contributed by atoms with Crippen molar-refractivity contribution in [3.05, 3.63) is 0 Å². The van der Waals surface area contributed by atoms with E-state index in [9.17, 15) is 10.2 Å². The molecule has 72 valence electrons. The Morgan fingerprint density at radius 3 is 1.25 bits per heavy atom. The molecule has 0 unspecified atom stereocenters. The first-order valence-electron chi connectivity index (χ1n) is 4.45. The van der Waals surface area contributed by atoms with Crippen LogP contribution in [0.3, 0.4) is 0 Å². The smallest absolute Gasteiger partial charge is 0.104 e. The van der Waals surface area contributed by atoms with Crippen molar-refractivity contribution in [2.24, 2.45) is 0 Å². The Labute approximate surface area is 73.4 Å². The number of rotatable bonds is 2. The van der Waals surface area contributed by atoms with Crippen LogP contribution in [-0.2, 0) is 0 Å². The van der Waals surface area contributed by atoms with E-state index in [-0.39, 0.29) is 12.5 Å². The van der Waals surface area contributed by atoms with Crippen molar-refractivity contribution >= 4 is 0 Å². The van der Waals surface area contributed by atoms with Crippen LogP contribution >= 0.6 is 0 Å². The van der Waals surface area contributed by atoms with Gasteiger partial charge in [0.2, 0.25) is 0 Å². The van der Waals surface area contributed by atoms with Gasteiger partial charge in [0.1, 0.15) is 12.5 Å². The summed E-state index contributed by atoms with van der Waals surface area (Å²) < 4.78 is 0. The molecule has 1 heterocycles. The van der Waals surface area contributed by atoms with Crippen molar-refractivity contribution in [3.63, 3.8) is 0 Å². The van der Waals surface area contributed by atoms with E-state index in [0.717, 1.165) is 26.2 Å². The number of hydrogen-bond acceptors (Lipinski definition) is 4. The van der Waals surface area contributed by atoms with Gasteiger partial charge < -0.3 is 10.2 Å². The van der Waals surface area contributed by atoms with Gasteiger partial charge in [-0.2, -0.15) is 0 Å². The van der Waals surface area contributed by atoms with Crippen molar-refractivity contribution in [3.8, 4) is 0 Å². The molecule has 0 bridgehead atoms. The molecule has 1 aliphatic heterocycles. The maximum atomic E-state index is 9.25. The largest absolute Gasteiger partial charge is 0.379 e. The van der Waals surface area contributed by atoms with Crippen LogP contribution in [0.5, 0.6) is 0 Å². The third kappa shape index (κ3) is 2.42. The molecule has 0 aromatic heterocycles. The highest BCUT2D eigenvalue weighted by molar-refractivity contribution is 4.72. The number of aliphatic hydroxyl groups excluding tert-OH is 2. The van der Waals surface area contributed by atoms with Crippen LogP contribution in [0.2, 0.25) is 0 Å². The first kappa shape index (κ1) is 9.92. The maximum Gasteiger partial charge on any atom is 0.104 e. The Bertz CT molecular complexity index is 115. The van der Waals surface area contributed by atoms with Crippen LogP contribution in [0.1, 0.15) is 13.8 Å². The van der Waals surface area contributed by atoms with Crippen molar-refractivity contribution in [2.45, 2.75) is 26.3 Å². The maximum absolute atomic E-state index is 9.25. The Balaban J connectivity index is 2.30. The fraction of sp³-hybridized carbons (Fsp3) is 1.00. The van der Waals surface area contributed by atoms with Crippen LogP contribution in [0.25, 0.3) is 0 Å². The summed E-state index contributed by atoms with van der Waals surface area (Å²) in [5.74, 6) is 0. The lowest BCUT2D eigenvalue weighted by molar-refractivity contribution is -0.0564. The molecule has 0 aromatic carbocycles. The van der Waals surface area contributed by atoms with Gasteiger partial charge in [-0.1, -0.05) is 0 Å². The molecule has 0 saturated carbocycles. The number of piperazine rings is 1. The summed E-state index contributed by atoms with van der Waals surface area (Å²) in [7, 11) is 0. The molecular formula is C8H18N2O2. The third-order valence-electron chi connectivity index (χ3n) is 2.41. The summed E-state index contributed by atoms with van der Waals surface area (Å²) in [4.78, 5) is 4.00. The number of nitrogens with zero attached hydrogens (tertiary/aromatic N) is 2. The van der Waals surface area contributed by atoms with Gasteiger partial charge in [0.15, 0.2) is 0 Å². The molecule has 0 amide bonds. The molecule has 0 aliphatic carbocycles. The third-order valence-corrected chi connectivity index (χ3v) is 2.41. The zero-order chi connectivity index (χ0) is 9.14. The quantitative estimate of drug-likeness (QED) is 0.580. The van der Waals surface area contributed by atoms with E-state index in [0.29, 0.717) is 0 Å². The molecule has 0 radical (unpaired) electrons. The molecule has 0 aromatic rings. The van der Waals surface area contributed by atoms with E-state index in [1.807, 2.05) is 9.80 Å². The van der Waals surface area contributed by atoms with E-state index < -0.39 is 0 Å². The fourth-order valence-corrected chi connectivity index (χ4v) is 1.48. The van der Waals surface area contributed by atoms with Gasteiger partial charge in [-0.05, 0) is 13.8 Å². The van der Waals surface area contributed by atoms with E-state index in [4.69, 9.17) is 0 Å². The molecule has 2 atom stereocenters. The predicted molar refractivity (Wildman–Crippen MR) is 46.5 cm³/mol. The van der Waals surface area contributed by atoms with Crippen LogP contribution in [0, 0.1) is 0 Å². The van der Waals surface area contributed by atoms with Crippen molar-refractivity contribution in [1.29, 1.82) is 0 Å². The molecule has 1 rings (SSSR count). The summed E-state index contributed by atoms with van der Waals surface area (Å²) in [6.07, 6.45) is -0.720. The Morgan fingerprint density at radius 2 is 1.08 bits per heavy atom. The van der Waals surface area contributed by atoms with E-state index >= 15 is 0 Å². The summed E-state index contributed by atoms with van der Waals surface area (Å²) >= 11 is 0. The molecule has 2 N–H and O–H groups in total. The summed E-state index contributed by atoms with van der Waals surface area (Å²) in [5, 5.41) is 18.5. The van der Waals surface area contributed by atoms with Crippen molar-refractivity contribution < 1.29 is 10.2 Å². The van der Waals surface area contributed by atoms with Gasteiger partial charge in [-0.25, -0.2) is 0 Å². The van der Waals surface area contributed by atoms with Crippen LogP contribution in [0.4, 0.5) is 0 Å². The second kappa shape index (κ2) is 4.18. The lowest BCUT2D eigenvalue weighted by Crippen LogP contribution is -2.51. The van der Waals surface area contributed by atoms with Crippen LogP contribution in [-0.4, -0.2) is 58.6 Å². The molecule has 1 aliphatic rings. The minimum atomic E-state index is -0.360. The molecule has 0 spiro atoms. The van der Waals surface area contributed by atoms with Crippen LogP contribution < -0.4 is 0 Å². The number of hydrogen-bond donors (Lipinski definition) is 2. The van der Waals surface area contributed by atoms with Gasteiger partial charge in [-0.15, -0.1) is 0 Å². The molecule has 1 fully saturated rings. The van der Waals surface area contributed by atoms with Gasteiger partial charge in [-0.3, -0.25) is 9.80 Å². The zero-order valence-corrected chi connectivity index (χ0v) is 7.77. The first-order chi connectivity index (χ1) is 5.61. The summed E-state index contributed by atoms with van der Waals surface area (Å²) in [5.41, 5.74) is 0. The molecule has 4 nitrogen and oxygen atoms in total. The van der Waals surface area contributed by atoms with Crippen LogP contribution in [0.15, 0.2) is 0 Å². The highest BCUT2D eigenvalue weighted by Gasteiger charge is 2.21. The zero-order valence-electron chi connectivity index (χ0n) is 7.77. The fourth-order valence-electron chi connectivity index (χ4n) is 1.48. The highest BCUT2D eigenvalue weighted by Crippen LogP contribution is 2.06. The molecule has 4 heteroatoms. The Morgan fingerprint density at radius 1 is 0.833 bits per heavy atom. The standard InChI is InChI=1S/C8H18N2O2/c1-7(11)9-3-5-10(6-4-9)8(2)12/h7-8,11-12H,3-6H2,1-2H3/t7-,8+. The Kier molecular flexibility index (Phi) is 3.46. The van der Waals surface area contributed by atoms with E-state index in [1.165, 1.54) is 0 Å². The minimum absolute atomic E-state index is 0.360. The lowest BCUT2D eigenvalue weighted by atomic mass is 10.3. The van der Waals surface area contributed by atoms with Gasteiger partial charge >= 0.3 is 0 Å². The second-order valence-corrected chi connectivity index (χ2v) is 3.34. The SMILES string of the molecule is C[C@H](O)N1CCN([C@@H](C)O)CC1. The van der Waals surface area contributed by atoms with Gasteiger partial charge in [0.05, 0.1) is 0 Å². The normalized spacial score (nSPS) is 27.0. The second-order valence-electron chi connectivity index (χ2n) is 3.34. The highest BCUT2D eigenvalue weighted by atomic mass is 16.3. The Hall–Kier alpha value is -0.160. The predicted octanol–water partition coefficient (Wildman–Crippen LogP) is -0.719. The van der Waals surface area contributed by atoms with E-state index in [1.54, 1.807) is 13.8 Å². The lowest BCUT2D eigenvalue weighted by Gasteiger charge is -2.37. The van der Waals surface area contributed by atoms with Crippen molar-refractivity contribution in [2.75, 3.05) is 26.2 Å². The van der Waals surface area contributed by atoms with E-state index in [2.05, 4.69) is 0 Å². The summed E-state index contributed by atoms with van der Waals surface area (Å²) in [6.45, 7) is 6.90. The minimum Gasteiger partial charge on any atom is -0.379 e. The molecule has 12 heavy (non-hydrogen) atoms. The topological polar surface area (TPSA) is 46.9 Å². The van der Waals surface area contributed by atoms with Crippen molar-refractivity contribution in [1.82, 2.24) is 9.80 Å². The number of aliphatic hydroxyl groups is 2. The molecule has 1 saturated heterocycles. The summed E-state index contributed by atoms with van der Waals surface area (Å²) in [6, 6.07) is 0. The van der Waals surface area contributed by atoms with Gasteiger partial charge in [0.25, 0.3) is 0 Å².